The highest BCUT2D eigenvalue weighted by atomic mass is 14.9. The molecule has 4 aliphatic carbocycles. The summed E-state index contributed by atoms with van der Waals surface area (Å²) in [5.74, 6) is 4.41. The van der Waals surface area contributed by atoms with Crippen LogP contribution >= 0.6 is 0 Å². The molecule has 4 saturated carbocycles. The Labute approximate surface area is 92.0 Å². The Hall–Kier alpha value is -0.550. The van der Waals surface area contributed by atoms with Crippen molar-refractivity contribution >= 4 is 0 Å². The number of rotatable bonds is 2. The van der Waals surface area contributed by atoms with Gasteiger partial charge < -0.3 is 5.32 Å². The molecule has 0 aromatic carbocycles. The van der Waals surface area contributed by atoms with Gasteiger partial charge in [0, 0.05) is 0 Å². The summed E-state index contributed by atoms with van der Waals surface area (Å²) < 4.78 is 0. The van der Waals surface area contributed by atoms with Gasteiger partial charge in [-0.1, -0.05) is 0 Å². The van der Waals surface area contributed by atoms with Crippen LogP contribution in [0, 0.1) is 40.9 Å². The van der Waals surface area contributed by atoms with Gasteiger partial charge in [-0.2, -0.15) is 5.26 Å². The lowest BCUT2D eigenvalue weighted by molar-refractivity contribution is -0.0435. The minimum absolute atomic E-state index is 0.111. The summed E-state index contributed by atoms with van der Waals surface area (Å²) in [5, 5.41) is 12.4. The highest BCUT2D eigenvalue weighted by molar-refractivity contribution is 5.06. The molecule has 0 aliphatic heterocycles. The molecule has 0 aromatic rings. The molecule has 0 saturated heterocycles. The maximum Gasteiger partial charge on any atom is 0.0984 e. The van der Waals surface area contributed by atoms with Crippen molar-refractivity contribution in [2.75, 3.05) is 7.05 Å². The van der Waals surface area contributed by atoms with Crippen molar-refractivity contribution in [1.29, 1.82) is 5.26 Å². The molecule has 4 bridgehead atoms. The highest BCUT2D eigenvalue weighted by Gasteiger charge is 2.50. The summed E-state index contributed by atoms with van der Waals surface area (Å²) in [6.07, 6.45) is 7.15. The second-order valence-electron chi connectivity index (χ2n) is 5.90. The van der Waals surface area contributed by atoms with Crippen molar-refractivity contribution in [3.63, 3.8) is 0 Å². The predicted octanol–water partition coefficient (Wildman–Crippen LogP) is 2.17. The van der Waals surface area contributed by atoms with Crippen LogP contribution in [-0.4, -0.2) is 13.1 Å². The SMILES string of the molecule is CNC(C#N)C1C2CC3CC(C2)CC1C3. The van der Waals surface area contributed by atoms with Crippen LogP contribution in [-0.2, 0) is 0 Å². The average molecular weight is 204 g/mol. The van der Waals surface area contributed by atoms with Gasteiger partial charge in [0.1, 0.15) is 0 Å². The Morgan fingerprint density at radius 3 is 2.00 bits per heavy atom. The molecule has 0 aromatic heterocycles. The molecule has 0 amide bonds. The van der Waals surface area contributed by atoms with E-state index < -0.39 is 0 Å². The summed E-state index contributed by atoms with van der Waals surface area (Å²) in [6, 6.07) is 2.58. The fraction of sp³-hybridized carbons (Fsp3) is 0.923. The lowest BCUT2D eigenvalue weighted by atomic mass is 9.50. The smallest absolute Gasteiger partial charge is 0.0984 e. The normalized spacial score (nSPS) is 48.9. The van der Waals surface area contributed by atoms with E-state index in [1.165, 1.54) is 32.1 Å². The van der Waals surface area contributed by atoms with E-state index in [2.05, 4.69) is 11.4 Å². The first-order valence-corrected chi connectivity index (χ1v) is 6.38. The molecule has 0 radical (unpaired) electrons. The van der Waals surface area contributed by atoms with Crippen LogP contribution in [0.5, 0.6) is 0 Å². The zero-order chi connectivity index (χ0) is 10.4. The standard InChI is InChI=1S/C13H20N2/c1-15-12(7-14)13-10-3-8-2-9(5-10)6-11(13)4-8/h8-13,15H,2-6H2,1H3. The average Bonchev–Trinajstić information content (AvgIpc) is 2.22. The van der Waals surface area contributed by atoms with Gasteiger partial charge in [0.05, 0.1) is 12.1 Å². The first-order valence-electron chi connectivity index (χ1n) is 6.38. The predicted molar refractivity (Wildman–Crippen MR) is 59.0 cm³/mol. The van der Waals surface area contributed by atoms with E-state index in [0.717, 1.165) is 23.7 Å². The zero-order valence-corrected chi connectivity index (χ0v) is 9.45. The van der Waals surface area contributed by atoms with Crippen molar-refractivity contribution in [3.05, 3.63) is 0 Å². The molecule has 2 nitrogen and oxygen atoms in total. The quantitative estimate of drug-likeness (QED) is 0.748. The molecule has 4 aliphatic rings. The number of hydrogen-bond donors (Lipinski definition) is 1. The monoisotopic (exact) mass is 204 g/mol. The minimum atomic E-state index is 0.111. The fourth-order valence-corrected chi connectivity index (χ4v) is 4.85. The zero-order valence-electron chi connectivity index (χ0n) is 9.45. The molecule has 1 N–H and O–H groups in total. The third-order valence-electron chi connectivity index (χ3n) is 5.13. The molecular formula is C13H20N2. The summed E-state index contributed by atoms with van der Waals surface area (Å²) in [6.45, 7) is 0. The molecule has 4 fully saturated rings. The highest BCUT2D eigenvalue weighted by Crippen LogP contribution is 2.57. The number of hydrogen-bond acceptors (Lipinski definition) is 2. The van der Waals surface area contributed by atoms with Crippen LogP contribution in [0.2, 0.25) is 0 Å². The Kier molecular flexibility index (Phi) is 2.25. The molecule has 82 valence electrons. The van der Waals surface area contributed by atoms with Gasteiger partial charge >= 0.3 is 0 Å². The van der Waals surface area contributed by atoms with Crippen molar-refractivity contribution in [2.45, 2.75) is 38.1 Å². The maximum atomic E-state index is 9.20. The Bertz CT molecular complexity index is 263. The number of nitrogens with zero attached hydrogens (tertiary/aromatic N) is 1. The van der Waals surface area contributed by atoms with Gasteiger partial charge in [0.15, 0.2) is 0 Å². The van der Waals surface area contributed by atoms with E-state index in [-0.39, 0.29) is 6.04 Å². The molecule has 4 rings (SSSR count). The molecule has 0 heterocycles. The van der Waals surface area contributed by atoms with Crippen LogP contribution in [0.1, 0.15) is 32.1 Å². The van der Waals surface area contributed by atoms with E-state index in [4.69, 9.17) is 0 Å². The Morgan fingerprint density at radius 2 is 1.60 bits per heavy atom. The molecule has 2 heteroatoms. The fourth-order valence-electron chi connectivity index (χ4n) is 4.85. The van der Waals surface area contributed by atoms with E-state index in [9.17, 15) is 5.26 Å². The summed E-state index contributed by atoms with van der Waals surface area (Å²) in [4.78, 5) is 0. The van der Waals surface area contributed by atoms with Gasteiger partial charge in [-0.05, 0) is 68.7 Å². The molecular weight excluding hydrogens is 184 g/mol. The molecule has 1 unspecified atom stereocenters. The van der Waals surface area contributed by atoms with Crippen molar-refractivity contribution in [1.82, 2.24) is 5.32 Å². The number of nitriles is 1. The van der Waals surface area contributed by atoms with Crippen LogP contribution < -0.4 is 5.32 Å². The van der Waals surface area contributed by atoms with E-state index in [1.807, 2.05) is 7.05 Å². The van der Waals surface area contributed by atoms with Gasteiger partial charge in [-0.3, -0.25) is 0 Å². The van der Waals surface area contributed by atoms with Crippen molar-refractivity contribution in [2.24, 2.45) is 29.6 Å². The number of nitrogens with one attached hydrogen (secondary N) is 1. The maximum absolute atomic E-state index is 9.20. The first kappa shape index (κ1) is 9.66. The van der Waals surface area contributed by atoms with E-state index in [0.29, 0.717) is 5.92 Å². The third kappa shape index (κ3) is 1.40. The largest absolute Gasteiger partial charge is 0.305 e. The summed E-state index contributed by atoms with van der Waals surface area (Å²) >= 11 is 0. The second kappa shape index (κ2) is 3.49. The third-order valence-corrected chi connectivity index (χ3v) is 5.13. The second-order valence-corrected chi connectivity index (χ2v) is 5.90. The van der Waals surface area contributed by atoms with Gasteiger partial charge in [-0.15, -0.1) is 0 Å². The lowest BCUT2D eigenvalue weighted by Gasteiger charge is -2.55. The Balaban J connectivity index is 1.83. The van der Waals surface area contributed by atoms with Gasteiger partial charge in [0.25, 0.3) is 0 Å². The topological polar surface area (TPSA) is 35.8 Å². The van der Waals surface area contributed by atoms with Crippen LogP contribution in [0.4, 0.5) is 0 Å². The lowest BCUT2D eigenvalue weighted by Crippen LogP contribution is -2.51. The van der Waals surface area contributed by atoms with Crippen LogP contribution in [0.25, 0.3) is 0 Å². The minimum Gasteiger partial charge on any atom is -0.305 e. The summed E-state index contributed by atoms with van der Waals surface area (Å²) in [7, 11) is 1.94. The molecule has 0 spiro atoms. The Morgan fingerprint density at radius 1 is 1.07 bits per heavy atom. The summed E-state index contributed by atoms with van der Waals surface area (Å²) in [5.41, 5.74) is 0. The van der Waals surface area contributed by atoms with E-state index >= 15 is 0 Å². The van der Waals surface area contributed by atoms with Crippen LogP contribution in [0.3, 0.4) is 0 Å². The van der Waals surface area contributed by atoms with Gasteiger partial charge in [0.2, 0.25) is 0 Å². The van der Waals surface area contributed by atoms with Gasteiger partial charge in [-0.25, -0.2) is 0 Å². The molecule has 15 heavy (non-hydrogen) atoms. The van der Waals surface area contributed by atoms with Crippen LogP contribution in [0.15, 0.2) is 0 Å². The van der Waals surface area contributed by atoms with Crippen molar-refractivity contribution < 1.29 is 0 Å². The van der Waals surface area contributed by atoms with E-state index in [1.54, 1.807) is 0 Å². The molecule has 1 atom stereocenters. The first-order chi connectivity index (χ1) is 7.31. The van der Waals surface area contributed by atoms with Crippen molar-refractivity contribution in [3.8, 4) is 6.07 Å².